The summed E-state index contributed by atoms with van der Waals surface area (Å²) in [4.78, 5) is 24.6. The number of methoxy groups -OCH3 is 1. The summed E-state index contributed by atoms with van der Waals surface area (Å²) in [6.07, 6.45) is 0.564. The van der Waals surface area contributed by atoms with Crippen LogP contribution in [0.25, 0.3) is 0 Å². The maximum absolute atomic E-state index is 11.7. The van der Waals surface area contributed by atoms with E-state index in [2.05, 4.69) is 12.2 Å². The first kappa shape index (κ1) is 22.4. The van der Waals surface area contributed by atoms with Crippen LogP contribution in [0.15, 0.2) is 36.4 Å². The Morgan fingerprint density at radius 2 is 1.77 bits per heavy atom. The zero-order chi connectivity index (χ0) is 21.7. The van der Waals surface area contributed by atoms with Crippen molar-refractivity contribution in [2.75, 3.05) is 20.3 Å². The second-order valence-electron chi connectivity index (χ2n) is 7.05. The highest BCUT2D eigenvalue weighted by Gasteiger charge is 2.28. The quantitative estimate of drug-likeness (QED) is 0.574. The van der Waals surface area contributed by atoms with Crippen molar-refractivity contribution in [3.63, 3.8) is 0 Å². The lowest BCUT2D eigenvalue weighted by molar-refractivity contribution is -0.138. The highest BCUT2D eigenvalue weighted by atomic mass is 35.5. The van der Waals surface area contributed by atoms with Crippen molar-refractivity contribution in [3.05, 3.63) is 57.6 Å². The van der Waals surface area contributed by atoms with Gasteiger partial charge < -0.3 is 14.8 Å². The SMILES string of the molecule is COc1cc(CNC(C)c2ccc(Cl)c(Cl)c2)ccc1OCCN1C(=O)CCC1=O. The van der Waals surface area contributed by atoms with Crippen LogP contribution >= 0.6 is 23.2 Å². The van der Waals surface area contributed by atoms with Gasteiger partial charge in [-0.3, -0.25) is 14.5 Å². The summed E-state index contributed by atoms with van der Waals surface area (Å²) >= 11 is 12.1. The lowest BCUT2D eigenvalue weighted by Gasteiger charge is -2.17. The third-order valence-electron chi connectivity index (χ3n) is 5.01. The van der Waals surface area contributed by atoms with Crippen molar-refractivity contribution >= 4 is 35.0 Å². The molecule has 1 aliphatic heterocycles. The fourth-order valence-electron chi connectivity index (χ4n) is 3.23. The molecule has 1 unspecified atom stereocenters. The number of likely N-dealkylation sites (tertiary alicyclic amines) is 1. The largest absolute Gasteiger partial charge is 0.493 e. The Morgan fingerprint density at radius 3 is 2.43 bits per heavy atom. The molecule has 1 saturated heterocycles. The number of rotatable bonds is 9. The summed E-state index contributed by atoms with van der Waals surface area (Å²) in [7, 11) is 1.57. The van der Waals surface area contributed by atoms with Gasteiger partial charge in [0.25, 0.3) is 0 Å². The molecule has 1 atom stereocenters. The summed E-state index contributed by atoms with van der Waals surface area (Å²) in [5.41, 5.74) is 2.07. The van der Waals surface area contributed by atoms with Gasteiger partial charge in [0.15, 0.2) is 11.5 Å². The van der Waals surface area contributed by atoms with Gasteiger partial charge in [-0.15, -0.1) is 0 Å². The predicted molar refractivity (Wildman–Crippen MR) is 116 cm³/mol. The number of ether oxygens (including phenoxy) is 2. The Bertz CT molecular complexity index is 919. The molecule has 1 N–H and O–H groups in total. The molecule has 1 aliphatic rings. The van der Waals surface area contributed by atoms with Crippen molar-refractivity contribution in [2.45, 2.75) is 32.4 Å². The van der Waals surface area contributed by atoms with E-state index in [1.807, 2.05) is 30.3 Å². The lowest BCUT2D eigenvalue weighted by Crippen LogP contribution is -2.33. The van der Waals surface area contributed by atoms with Crippen LogP contribution < -0.4 is 14.8 Å². The normalized spacial score (nSPS) is 14.9. The molecule has 0 bridgehead atoms. The number of nitrogens with one attached hydrogen (secondary N) is 1. The van der Waals surface area contributed by atoms with Gasteiger partial charge in [-0.1, -0.05) is 35.3 Å². The zero-order valence-electron chi connectivity index (χ0n) is 16.9. The number of hydrogen-bond acceptors (Lipinski definition) is 5. The second-order valence-corrected chi connectivity index (χ2v) is 7.86. The predicted octanol–water partition coefficient (Wildman–Crippen LogP) is 4.38. The van der Waals surface area contributed by atoms with Crippen LogP contribution in [0.3, 0.4) is 0 Å². The third kappa shape index (κ3) is 5.45. The molecule has 6 nitrogen and oxygen atoms in total. The minimum atomic E-state index is -0.145. The van der Waals surface area contributed by atoms with Gasteiger partial charge in [-0.25, -0.2) is 0 Å². The number of benzene rings is 2. The summed E-state index contributed by atoms with van der Waals surface area (Å²) in [5, 5.41) is 4.51. The van der Waals surface area contributed by atoms with Gasteiger partial charge in [0.2, 0.25) is 11.8 Å². The number of carbonyl (C=O) groups is 2. The monoisotopic (exact) mass is 450 g/mol. The first-order valence-corrected chi connectivity index (χ1v) is 10.5. The zero-order valence-corrected chi connectivity index (χ0v) is 18.4. The molecule has 0 aliphatic carbocycles. The van der Waals surface area contributed by atoms with Gasteiger partial charge in [0.05, 0.1) is 23.7 Å². The van der Waals surface area contributed by atoms with Crippen LogP contribution in [0, 0.1) is 0 Å². The Balaban J connectivity index is 1.56. The number of halogens is 2. The molecule has 2 aromatic rings. The Hall–Kier alpha value is -2.28. The first-order valence-electron chi connectivity index (χ1n) is 9.70. The minimum Gasteiger partial charge on any atom is -0.493 e. The minimum absolute atomic E-state index is 0.0808. The Kier molecular flexibility index (Phi) is 7.58. The molecule has 3 rings (SSSR count). The molecule has 0 spiro atoms. The maximum atomic E-state index is 11.7. The van der Waals surface area contributed by atoms with Crippen LogP contribution in [0.1, 0.15) is 36.9 Å². The van der Waals surface area contributed by atoms with Gasteiger partial charge in [0.1, 0.15) is 6.61 Å². The molecule has 1 heterocycles. The second kappa shape index (κ2) is 10.2. The van der Waals surface area contributed by atoms with Crippen molar-refractivity contribution in [2.24, 2.45) is 0 Å². The average Bonchev–Trinajstić information content (AvgIpc) is 3.06. The van der Waals surface area contributed by atoms with Crippen LogP contribution in [0.4, 0.5) is 0 Å². The van der Waals surface area contributed by atoms with Crippen molar-refractivity contribution in [1.82, 2.24) is 10.2 Å². The summed E-state index contributed by atoms with van der Waals surface area (Å²) < 4.78 is 11.2. The van der Waals surface area contributed by atoms with E-state index < -0.39 is 0 Å². The number of amides is 2. The Morgan fingerprint density at radius 1 is 1.03 bits per heavy atom. The van der Waals surface area contributed by atoms with Crippen molar-refractivity contribution in [3.8, 4) is 11.5 Å². The molecule has 2 aromatic carbocycles. The van der Waals surface area contributed by atoms with E-state index in [1.165, 1.54) is 4.90 Å². The van der Waals surface area contributed by atoms with Crippen molar-refractivity contribution in [1.29, 1.82) is 0 Å². The van der Waals surface area contributed by atoms with Crippen LogP contribution in [-0.4, -0.2) is 37.0 Å². The molecule has 2 amide bonds. The highest BCUT2D eigenvalue weighted by Crippen LogP contribution is 2.29. The van der Waals surface area contributed by atoms with Crippen LogP contribution in [0.2, 0.25) is 10.0 Å². The lowest BCUT2D eigenvalue weighted by atomic mass is 10.1. The molecule has 0 aromatic heterocycles. The summed E-state index contributed by atoms with van der Waals surface area (Å²) in [6, 6.07) is 11.3. The molecule has 160 valence electrons. The van der Waals surface area contributed by atoms with E-state index in [1.54, 1.807) is 13.2 Å². The maximum Gasteiger partial charge on any atom is 0.229 e. The van der Waals surface area contributed by atoms with Gasteiger partial charge in [-0.2, -0.15) is 0 Å². The molecule has 0 saturated carbocycles. The molecular formula is C22H24Cl2N2O4. The summed E-state index contributed by atoms with van der Waals surface area (Å²) in [6.45, 7) is 3.13. The fraction of sp³-hybridized carbons (Fsp3) is 0.364. The third-order valence-corrected chi connectivity index (χ3v) is 5.75. The topological polar surface area (TPSA) is 67.9 Å². The highest BCUT2D eigenvalue weighted by molar-refractivity contribution is 6.42. The Labute approximate surface area is 186 Å². The number of imide groups is 1. The molecule has 30 heavy (non-hydrogen) atoms. The van der Waals surface area contributed by atoms with E-state index in [9.17, 15) is 9.59 Å². The summed E-state index contributed by atoms with van der Waals surface area (Å²) in [5.74, 6) is 0.870. The average molecular weight is 451 g/mol. The van der Waals surface area contributed by atoms with Crippen LogP contribution in [-0.2, 0) is 16.1 Å². The number of carbonyl (C=O) groups excluding carboxylic acids is 2. The first-order chi connectivity index (χ1) is 14.4. The molecule has 0 radical (unpaired) electrons. The number of nitrogens with zero attached hydrogens (tertiary/aromatic N) is 1. The number of hydrogen-bond donors (Lipinski definition) is 1. The molecule has 8 heteroatoms. The fourth-order valence-corrected chi connectivity index (χ4v) is 3.54. The van der Waals surface area contributed by atoms with Gasteiger partial charge >= 0.3 is 0 Å². The van der Waals surface area contributed by atoms with E-state index in [0.29, 0.717) is 28.1 Å². The van der Waals surface area contributed by atoms with E-state index >= 15 is 0 Å². The van der Waals surface area contributed by atoms with Gasteiger partial charge in [-0.05, 0) is 42.3 Å². The van der Waals surface area contributed by atoms with Crippen LogP contribution in [0.5, 0.6) is 11.5 Å². The van der Waals surface area contributed by atoms with E-state index in [0.717, 1.165) is 11.1 Å². The van der Waals surface area contributed by atoms with E-state index in [-0.39, 0.29) is 43.8 Å². The molecule has 1 fully saturated rings. The smallest absolute Gasteiger partial charge is 0.229 e. The standard InChI is InChI=1S/C22H24Cl2N2O4/c1-14(16-4-5-17(23)18(24)12-16)25-13-15-3-6-19(20(11-15)29-2)30-10-9-26-21(27)7-8-22(26)28/h3-6,11-12,14,25H,7-10,13H2,1-2H3. The van der Waals surface area contributed by atoms with Gasteiger partial charge in [0, 0.05) is 25.4 Å². The molecular weight excluding hydrogens is 427 g/mol. The van der Waals surface area contributed by atoms with Crippen molar-refractivity contribution < 1.29 is 19.1 Å². The van der Waals surface area contributed by atoms with E-state index in [4.69, 9.17) is 32.7 Å².